The van der Waals surface area contributed by atoms with Crippen molar-refractivity contribution in [2.75, 3.05) is 19.9 Å². The molecule has 0 aromatic heterocycles. The van der Waals surface area contributed by atoms with Crippen LogP contribution in [-0.2, 0) is 23.9 Å². The van der Waals surface area contributed by atoms with Gasteiger partial charge in [-0.05, 0) is 6.42 Å². The molecular formula is C16H27NO5. The molecule has 1 fully saturated rings. The first-order valence-corrected chi connectivity index (χ1v) is 8.22. The van der Waals surface area contributed by atoms with Gasteiger partial charge < -0.3 is 14.4 Å². The molecule has 0 aromatic carbocycles. The zero-order chi connectivity index (χ0) is 16.2. The average molecular weight is 313 g/mol. The van der Waals surface area contributed by atoms with E-state index in [0.717, 1.165) is 19.3 Å². The van der Waals surface area contributed by atoms with E-state index < -0.39 is 11.9 Å². The maximum atomic E-state index is 12.0. The molecule has 0 atom stereocenters. The molecule has 0 aliphatic carbocycles. The van der Waals surface area contributed by atoms with E-state index in [1.165, 1.54) is 37.0 Å². The minimum atomic E-state index is -0.545. The number of rotatable bonds is 9. The zero-order valence-corrected chi connectivity index (χ0v) is 13.5. The molecule has 0 N–H and O–H groups in total. The van der Waals surface area contributed by atoms with Crippen LogP contribution in [0.4, 0.5) is 0 Å². The standard InChI is InChI=1S/C16H27NO5/c1-2-3-4-5-6-7-8-9-10-14(18)17-11-15(19)21-13-22-16(20)12-17/h2-13H2,1H3. The van der Waals surface area contributed by atoms with Crippen molar-refractivity contribution in [2.45, 2.75) is 64.7 Å². The smallest absolute Gasteiger partial charge is 0.328 e. The quantitative estimate of drug-likeness (QED) is 0.483. The summed E-state index contributed by atoms with van der Waals surface area (Å²) < 4.78 is 9.30. The summed E-state index contributed by atoms with van der Waals surface area (Å²) in [5.41, 5.74) is 0. The normalized spacial score (nSPS) is 15.8. The number of nitrogens with zero attached hydrogens (tertiary/aromatic N) is 1. The molecule has 1 saturated heterocycles. The first-order valence-electron chi connectivity index (χ1n) is 8.22. The highest BCUT2D eigenvalue weighted by Gasteiger charge is 2.23. The summed E-state index contributed by atoms with van der Waals surface area (Å²) in [7, 11) is 0. The highest BCUT2D eigenvalue weighted by atomic mass is 16.7. The SMILES string of the molecule is CCCCCCCCCCC(=O)N1CC(=O)OCOC(=O)C1. The second kappa shape index (κ2) is 11.0. The number of hydrogen-bond acceptors (Lipinski definition) is 5. The molecule has 0 radical (unpaired) electrons. The summed E-state index contributed by atoms with van der Waals surface area (Å²) in [6.07, 6.45) is 9.55. The number of cyclic esters (lactones) is 2. The van der Waals surface area contributed by atoms with Gasteiger partial charge in [-0.3, -0.25) is 14.4 Å². The Morgan fingerprint density at radius 2 is 1.41 bits per heavy atom. The van der Waals surface area contributed by atoms with E-state index in [0.29, 0.717) is 6.42 Å². The average Bonchev–Trinajstić information content (AvgIpc) is 2.47. The van der Waals surface area contributed by atoms with Gasteiger partial charge >= 0.3 is 11.9 Å². The van der Waals surface area contributed by atoms with Gasteiger partial charge in [-0.1, -0.05) is 51.9 Å². The molecule has 1 rings (SSSR count). The molecule has 22 heavy (non-hydrogen) atoms. The highest BCUT2D eigenvalue weighted by molar-refractivity contribution is 5.86. The number of carbonyl (C=O) groups excluding carboxylic acids is 3. The van der Waals surface area contributed by atoms with Crippen LogP contribution in [0.1, 0.15) is 64.7 Å². The summed E-state index contributed by atoms with van der Waals surface area (Å²) in [6, 6.07) is 0. The number of amides is 1. The van der Waals surface area contributed by atoms with Crippen LogP contribution in [0.25, 0.3) is 0 Å². The Bertz CT molecular complexity index is 352. The Morgan fingerprint density at radius 1 is 0.909 bits per heavy atom. The van der Waals surface area contributed by atoms with Crippen molar-refractivity contribution in [3.05, 3.63) is 0 Å². The molecule has 1 amide bonds. The fourth-order valence-corrected chi connectivity index (χ4v) is 2.36. The Hall–Kier alpha value is -1.59. The summed E-state index contributed by atoms with van der Waals surface area (Å²) in [6.45, 7) is 1.48. The van der Waals surface area contributed by atoms with E-state index in [4.69, 9.17) is 0 Å². The topological polar surface area (TPSA) is 72.9 Å². The Balaban J connectivity index is 2.17. The number of ether oxygens (including phenoxy) is 2. The van der Waals surface area contributed by atoms with Crippen molar-refractivity contribution < 1.29 is 23.9 Å². The lowest BCUT2D eigenvalue weighted by Gasteiger charge is -2.23. The number of carbonyl (C=O) groups is 3. The molecule has 126 valence electrons. The lowest BCUT2D eigenvalue weighted by atomic mass is 10.1. The lowest BCUT2D eigenvalue weighted by Crippen LogP contribution is -2.42. The van der Waals surface area contributed by atoms with Crippen LogP contribution < -0.4 is 0 Å². The van der Waals surface area contributed by atoms with Gasteiger partial charge in [0.1, 0.15) is 13.1 Å². The van der Waals surface area contributed by atoms with Crippen molar-refractivity contribution in [1.82, 2.24) is 4.90 Å². The molecule has 0 bridgehead atoms. The van der Waals surface area contributed by atoms with Crippen molar-refractivity contribution >= 4 is 17.8 Å². The second-order valence-electron chi connectivity index (χ2n) is 5.63. The fourth-order valence-electron chi connectivity index (χ4n) is 2.36. The molecule has 0 unspecified atom stereocenters. The predicted molar refractivity (Wildman–Crippen MR) is 80.9 cm³/mol. The van der Waals surface area contributed by atoms with Gasteiger partial charge in [0.2, 0.25) is 12.7 Å². The van der Waals surface area contributed by atoms with Crippen LogP contribution in [0.2, 0.25) is 0 Å². The fraction of sp³-hybridized carbons (Fsp3) is 0.812. The Kier molecular flexibility index (Phi) is 9.26. The van der Waals surface area contributed by atoms with E-state index in [9.17, 15) is 14.4 Å². The van der Waals surface area contributed by atoms with Gasteiger partial charge in [-0.25, -0.2) is 0 Å². The minimum Gasteiger partial charge on any atom is -0.427 e. The largest absolute Gasteiger partial charge is 0.427 e. The van der Waals surface area contributed by atoms with Crippen LogP contribution in [0.3, 0.4) is 0 Å². The maximum Gasteiger partial charge on any atom is 0.328 e. The predicted octanol–water partition coefficient (Wildman–Crippen LogP) is 2.40. The van der Waals surface area contributed by atoms with Crippen molar-refractivity contribution in [2.24, 2.45) is 0 Å². The monoisotopic (exact) mass is 313 g/mol. The molecule has 6 heteroatoms. The third kappa shape index (κ3) is 8.00. The van der Waals surface area contributed by atoms with Gasteiger partial charge in [0.15, 0.2) is 0 Å². The van der Waals surface area contributed by atoms with Crippen molar-refractivity contribution in [3.63, 3.8) is 0 Å². The number of unbranched alkanes of at least 4 members (excludes halogenated alkanes) is 7. The Morgan fingerprint density at radius 3 is 1.95 bits per heavy atom. The van der Waals surface area contributed by atoms with Gasteiger partial charge in [0.05, 0.1) is 0 Å². The van der Waals surface area contributed by atoms with E-state index in [1.807, 2.05) is 0 Å². The molecule has 1 aliphatic rings. The van der Waals surface area contributed by atoms with Crippen molar-refractivity contribution in [1.29, 1.82) is 0 Å². The van der Waals surface area contributed by atoms with Crippen LogP contribution in [0.15, 0.2) is 0 Å². The molecule has 1 aliphatic heterocycles. The zero-order valence-electron chi connectivity index (χ0n) is 13.5. The third-order valence-electron chi connectivity index (χ3n) is 3.68. The third-order valence-corrected chi connectivity index (χ3v) is 3.68. The highest BCUT2D eigenvalue weighted by Crippen LogP contribution is 2.11. The summed E-state index contributed by atoms with van der Waals surface area (Å²) >= 11 is 0. The first-order chi connectivity index (χ1) is 10.6. The second-order valence-corrected chi connectivity index (χ2v) is 5.63. The summed E-state index contributed by atoms with van der Waals surface area (Å²) in [5.74, 6) is -1.28. The minimum absolute atomic E-state index is 0.176. The van der Waals surface area contributed by atoms with Gasteiger partial charge in [0.25, 0.3) is 0 Å². The molecule has 6 nitrogen and oxygen atoms in total. The van der Waals surface area contributed by atoms with E-state index in [1.54, 1.807) is 0 Å². The number of esters is 2. The van der Waals surface area contributed by atoms with E-state index >= 15 is 0 Å². The van der Waals surface area contributed by atoms with Crippen LogP contribution >= 0.6 is 0 Å². The lowest BCUT2D eigenvalue weighted by molar-refractivity contribution is -0.176. The van der Waals surface area contributed by atoms with Crippen LogP contribution in [-0.4, -0.2) is 42.6 Å². The summed E-state index contributed by atoms with van der Waals surface area (Å²) in [5, 5.41) is 0. The van der Waals surface area contributed by atoms with E-state index in [2.05, 4.69) is 16.4 Å². The van der Waals surface area contributed by atoms with Gasteiger partial charge in [-0.2, -0.15) is 0 Å². The van der Waals surface area contributed by atoms with E-state index in [-0.39, 0.29) is 25.8 Å². The molecule has 0 spiro atoms. The first kappa shape index (κ1) is 18.5. The van der Waals surface area contributed by atoms with Gasteiger partial charge in [0, 0.05) is 6.42 Å². The Labute approximate surface area is 132 Å². The van der Waals surface area contributed by atoms with Gasteiger partial charge in [-0.15, -0.1) is 0 Å². The van der Waals surface area contributed by atoms with Crippen molar-refractivity contribution in [3.8, 4) is 0 Å². The van der Waals surface area contributed by atoms with Crippen LogP contribution in [0, 0.1) is 0 Å². The van der Waals surface area contributed by atoms with Crippen LogP contribution in [0.5, 0.6) is 0 Å². The molecular weight excluding hydrogens is 286 g/mol. The number of hydrogen-bond donors (Lipinski definition) is 0. The maximum absolute atomic E-state index is 12.0. The molecule has 0 saturated carbocycles. The molecule has 1 heterocycles. The molecule has 0 aromatic rings. The summed E-state index contributed by atoms with van der Waals surface area (Å²) in [4.78, 5) is 36.0.